The maximum Gasteiger partial charge on any atom is 0.347 e. The number of nitrogens with zero attached hydrogens (tertiary/aromatic N) is 3. The lowest BCUT2D eigenvalue weighted by Crippen LogP contribution is -2.07. The number of aromatic nitrogens is 3. The summed E-state index contributed by atoms with van der Waals surface area (Å²) in [6.45, 7) is 6.50. The van der Waals surface area contributed by atoms with Crippen molar-refractivity contribution in [1.82, 2.24) is 15.0 Å². The molecule has 160 valence electrons. The van der Waals surface area contributed by atoms with Crippen LogP contribution in [0.4, 0.5) is 10.2 Å². The predicted molar refractivity (Wildman–Crippen MR) is 123 cm³/mol. The van der Waals surface area contributed by atoms with Crippen molar-refractivity contribution in [3.63, 3.8) is 0 Å². The average molecular weight is 457 g/mol. The molecule has 0 bridgehead atoms. The van der Waals surface area contributed by atoms with Gasteiger partial charge in [0.25, 0.3) is 0 Å². The summed E-state index contributed by atoms with van der Waals surface area (Å²) < 4.78 is 15.0. The molecule has 3 aromatic heterocycles. The first-order chi connectivity index (χ1) is 14.9. The molecule has 0 saturated carbocycles. The molecule has 0 saturated heterocycles. The van der Waals surface area contributed by atoms with Crippen LogP contribution in [0.25, 0.3) is 20.8 Å². The van der Waals surface area contributed by atoms with Crippen molar-refractivity contribution in [1.29, 1.82) is 0 Å². The number of hydrogen-bond donors (Lipinski definition) is 2. The average Bonchev–Trinajstić information content (AvgIpc) is 3.31. The highest BCUT2D eigenvalue weighted by Gasteiger charge is 2.18. The largest absolute Gasteiger partial charge is 0.477 e. The maximum absolute atomic E-state index is 13.9. The van der Waals surface area contributed by atoms with E-state index in [2.05, 4.69) is 27.2 Å². The summed E-state index contributed by atoms with van der Waals surface area (Å²) in [6.07, 6.45) is 2.71. The number of aryl methyl sites for hydroxylation is 3. The Morgan fingerprint density at radius 3 is 2.71 bits per heavy atom. The number of carbonyl (C=O) groups is 1. The van der Waals surface area contributed by atoms with E-state index in [1.807, 2.05) is 13.8 Å². The van der Waals surface area contributed by atoms with Gasteiger partial charge in [0.2, 0.25) is 0 Å². The Bertz CT molecular complexity index is 1280. The molecule has 0 aliphatic heterocycles. The molecular formula is C22H21FN4O2S2. The Hall–Kier alpha value is -2.91. The molecule has 3 heterocycles. The minimum Gasteiger partial charge on any atom is -0.477 e. The monoisotopic (exact) mass is 456 g/mol. The summed E-state index contributed by atoms with van der Waals surface area (Å²) in [5, 5.41) is 14.2. The molecular weight excluding hydrogens is 435 g/mol. The summed E-state index contributed by atoms with van der Waals surface area (Å²) in [7, 11) is 0. The van der Waals surface area contributed by atoms with E-state index in [1.165, 1.54) is 11.2 Å². The lowest BCUT2D eigenvalue weighted by molar-refractivity contribution is 0.0701. The summed E-state index contributed by atoms with van der Waals surface area (Å²) in [6, 6.07) is 4.95. The highest BCUT2D eigenvalue weighted by molar-refractivity contribution is 7.19. The Balaban J connectivity index is 1.52. The number of carboxylic acid groups (broad SMARTS) is 1. The fourth-order valence-corrected chi connectivity index (χ4v) is 5.67. The first-order valence-electron chi connectivity index (χ1n) is 9.84. The summed E-state index contributed by atoms with van der Waals surface area (Å²) in [5.41, 5.74) is 3.24. The van der Waals surface area contributed by atoms with Gasteiger partial charge in [0.05, 0.1) is 5.69 Å². The molecule has 0 amide bonds. The van der Waals surface area contributed by atoms with Crippen LogP contribution in [0.5, 0.6) is 0 Å². The van der Waals surface area contributed by atoms with Gasteiger partial charge in [0.1, 0.15) is 33.5 Å². The SMILES string of the molecule is CCc1nc(-c2cc(NCCc3c(C)sc4c(C)cc(F)cc34)ncn2)sc1C(=O)O. The van der Waals surface area contributed by atoms with Gasteiger partial charge in [-0.3, -0.25) is 0 Å². The number of thiophene rings is 1. The van der Waals surface area contributed by atoms with Crippen molar-refractivity contribution in [3.05, 3.63) is 56.9 Å². The topological polar surface area (TPSA) is 88.0 Å². The van der Waals surface area contributed by atoms with Crippen LogP contribution in [0.1, 0.15) is 38.3 Å². The molecule has 0 aliphatic rings. The Labute approximate surface area is 186 Å². The molecule has 2 N–H and O–H groups in total. The quantitative estimate of drug-likeness (QED) is 0.383. The van der Waals surface area contributed by atoms with Crippen molar-refractivity contribution in [2.75, 3.05) is 11.9 Å². The number of aromatic carboxylic acids is 1. The first-order valence-corrected chi connectivity index (χ1v) is 11.5. The lowest BCUT2D eigenvalue weighted by atomic mass is 10.1. The van der Waals surface area contributed by atoms with E-state index in [-0.39, 0.29) is 10.7 Å². The molecule has 31 heavy (non-hydrogen) atoms. The lowest BCUT2D eigenvalue weighted by Gasteiger charge is -2.07. The van der Waals surface area contributed by atoms with Crippen molar-refractivity contribution in [2.45, 2.75) is 33.6 Å². The number of anilines is 1. The van der Waals surface area contributed by atoms with E-state index in [1.54, 1.807) is 29.5 Å². The van der Waals surface area contributed by atoms with Crippen LogP contribution in [-0.4, -0.2) is 32.6 Å². The first kappa shape index (κ1) is 21.3. The van der Waals surface area contributed by atoms with Gasteiger partial charge in [0, 0.05) is 22.2 Å². The van der Waals surface area contributed by atoms with Gasteiger partial charge in [-0.15, -0.1) is 22.7 Å². The number of thiazole rings is 1. The van der Waals surface area contributed by atoms with Gasteiger partial charge in [0.15, 0.2) is 0 Å². The number of rotatable bonds is 7. The number of nitrogens with one attached hydrogen (secondary N) is 1. The molecule has 1 aromatic carbocycles. The fraction of sp³-hybridized carbons (Fsp3) is 0.273. The van der Waals surface area contributed by atoms with Crippen molar-refractivity contribution < 1.29 is 14.3 Å². The van der Waals surface area contributed by atoms with Gasteiger partial charge < -0.3 is 10.4 Å². The smallest absolute Gasteiger partial charge is 0.347 e. The summed E-state index contributed by atoms with van der Waals surface area (Å²) in [5.74, 6) is -0.555. The summed E-state index contributed by atoms with van der Waals surface area (Å²) >= 11 is 2.81. The second-order valence-corrected chi connectivity index (χ2v) is 9.38. The van der Waals surface area contributed by atoms with Gasteiger partial charge in [-0.2, -0.15) is 0 Å². The van der Waals surface area contributed by atoms with Crippen LogP contribution in [0, 0.1) is 19.7 Å². The van der Waals surface area contributed by atoms with Crippen LogP contribution in [0.15, 0.2) is 24.5 Å². The van der Waals surface area contributed by atoms with Crippen LogP contribution < -0.4 is 5.32 Å². The minimum atomic E-state index is -0.974. The van der Waals surface area contributed by atoms with Crippen LogP contribution in [0.2, 0.25) is 0 Å². The fourth-order valence-electron chi connectivity index (χ4n) is 3.56. The molecule has 0 spiro atoms. The molecule has 0 atom stereocenters. The third-order valence-corrected chi connectivity index (χ3v) is 7.45. The third-order valence-electron chi connectivity index (χ3n) is 5.04. The van der Waals surface area contributed by atoms with E-state index in [0.29, 0.717) is 35.2 Å². The molecule has 4 rings (SSSR count). The van der Waals surface area contributed by atoms with Gasteiger partial charge in [-0.05, 0) is 55.3 Å². The standard InChI is InChI=1S/C22H21FN4O2S2/c1-4-16-20(22(28)29)31-21(27-16)17-9-18(26-10-25-17)24-6-5-14-12(3)30-19-11(2)7-13(23)8-15(14)19/h7-10H,4-6H2,1-3H3,(H,28,29)(H,24,25,26). The Morgan fingerprint density at radius 2 is 2.00 bits per heavy atom. The zero-order chi connectivity index (χ0) is 22.1. The Morgan fingerprint density at radius 1 is 1.19 bits per heavy atom. The van der Waals surface area contributed by atoms with Crippen molar-refractivity contribution >= 4 is 44.5 Å². The van der Waals surface area contributed by atoms with Gasteiger partial charge >= 0.3 is 5.97 Å². The molecule has 6 nitrogen and oxygen atoms in total. The molecule has 0 fully saturated rings. The number of benzene rings is 1. The molecule has 0 aliphatic carbocycles. The number of carboxylic acids is 1. The molecule has 4 aromatic rings. The second kappa shape index (κ2) is 8.68. The van der Waals surface area contributed by atoms with Crippen molar-refractivity contribution in [3.8, 4) is 10.7 Å². The van der Waals surface area contributed by atoms with E-state index in [0.717, 1.165) is 39.0 Å². The molecule has 0 unspecified atom stereocenters. The highest BCUT2D eigenvalue weighted by atomic mass is 32.1. The number of halogens is 1. The molecule has 9 heteroatoms. The normalized spacial score (nSPS) is 11.2. The molecule has 0 radical (unpaired) electrons. The van der Waals surface area contributed by atoms with Gasteiger partial charge in [-0.1, -0.05) is 6.92 Å². The zero-order valence-corrected chi connectivity index (χ0v) is 19.0. The summed E-state index contributed by atoms with van der Waals surface area (Å²) in [4.78, 5) is 25.8. The van der Waals surface area contributed by atoms with Gasteiger partial charge in [-0.25, -0.2) is 24.1 Å². The van der Waals surface area contributed by atoms with Crippen LogP contribution in [-0.2, 0) is 12.8 Å². The Kier molecular flexibility index (Phi) is 5.97. The highest BCUT2D eigenvalue weighted by Crippen LogP contribution is 2.34. The van der Waals surface area contributed by atoms with Crippen LogP contribution >= 0.6 is 22.7 Å². The van der Waals surface area contributed by atoms with Crippen LogP contribution in [0.3, 0.4) is 0 Å². The van der Waals surface area contributed by atoms with E-state index < -0.39 is 5.97 Å². The second-order valence-electron chi connectivity index (χ2n) is 7.15. The number of fused-ring (bicyclic) bond motifs is 1. The van der Waals surface area contributed by atoms with Crippen molar-refractivity contribution in [2.24, 2.45) is 0 Å². The van der Waals surface area contributed by atoms with E-state index in [4.69, 9.17) is 0 Å². The zero-order valence-electron chi connectivity index (χ0n) is 17.3. The van der Waals surface area contributed by atoms with E-state index in [9.17, 15) is 14.3 Å². The van der Waals surface area contributed by atoms with E-state index >= 15 is 0 Å². The minimum absolute atomic E-state index is 0.215. The maximum atomic E-state index is 13.9. The third kappa shape index (κ3) is 4.28. The number of hydrogen-bond acceptors (Lipinski definition) is 7. The predicted octanol–water partition coefficient (Wildman–Crippen LogP) is 5.49.